The molecule has 2 aromatic heterocycles. The van der Waals surface area contributed by atoms with Crippen LogP contribution in [0.2, 0.25) is 4.34 Å². The molecule has 1 aliphatic rings. The van der Waals surface area contributed by atoms with Crippen molar-refractivity contribution in [1.82, 2.24) is 14.2 Å². The third-order valence-electron chi connectivity index (χ3n) is 5.83. The number of hydrogen-bond donors (Lipinski definition) is 0. The van der Waals surface area contributed by atoms with E-state index in [-0.39, 0.29) is 28.7 Å². The average Bonchev–Trinajstić information content (AvgIpc) is 3.43. The Hall–Kier alpha value is -1.70. The molecule has 0 bridgehead atoms. The molecule has 1 fully saturated rings. The molecule has 1 saturated heterocycles. The van der Waals surface area contributed by atoms with Gasteiger partial charge in [-0.3, -0.25) is 9.69 Å². The Kier molecular flexibility index (Phi) is 8.08. The first-order valence-electron chi connectivity index (χ1n) is 11.0. The highest BCUT2D eigenvalue weighted by Gasteiger charge is 2.35. The number of sulfonamides is 1. The molecule has 3 heterocycles. The van der Waals surface area contributed by atoms with Crippen LogP contribution in [0.1, 0.15) is 19.3 Å². The van der Waals surface area contributed by atoms with E-state index in [4.69, 9.17) is 11.6 Å². The molecule has 0 spiro atoms. The lowest BCUT2D eigenvalue weighted by atomic mass is 9.96. The summed E-state index contributed by atoms with van der Waals surface area (Å²) in [4.78, 5) is 21.4. The van der Waals surface area contributed by atoms with Crippen molar-refractivity contribution in [2.75, 3.05) is 45.2 Å². The fraction of sp³-hybridized carbons (Fsp3) is 0.455. The zero-order chi connectivity index (χ0) is 25.3. The minimum absolute atomic E-state index is 0.0346. The molecule has 1 aliphatic heterocycles. The number of aromatic nitrogens is 1. The van der Waals surface area contributed by atoms with Gasteiger partial charge in [0.1, 0.15) is 15.5 Å². The summed E-state index contributed by atoms with van der Waals surface area (Å²) in [7, 11) is 0.196. The number of piperidine rings is 1. The molecule has 0 N–H and O–H groups in total. The summed E-state index contributed by atoms with van der Waals surface area (Å²) < 4.78 is 56.0. The molecule has 0 atom stereocenters. The van der Waals surface area contributed by atoms with Gasteiger partial charge in [-0.1, -0.05) is 22.9 Å². The van der Waals surface area contributed by atoms with E-state index in [0.717, 1.165) is 35.3 Å². The van der Waals surface area contributed by atoms with Gasteiger partial charge in [0, 0.05) is 31.6 Å². The maximum atomic E-state index is 14.3. The second-order valence-electron chi connectivity index (χ2n) is 8.61. The van der Waals surface area contributed by atoms with Gasteiger partial charge in [-0.05, 0) is 58.1 Å². The second-order valence-corrected chi connectivity index (χ2v) is 13.5. The molecule has 0 aliphatic carbocycles. The number of fused-ring (bicyclic) bond motifs is 1. The molecular formula is C22H25ClF2N4O3S3. The maximum Gasteiger partial charge on any atom is 0.252 e. The van der Waals surface area contributed by atoms with Crippen molar-refractivity contribution in [3.8, 4) is 0 Å². The maximum absolute atomic E-state index is 14.3. The summed E-state index contributed by atoms with van der Waals surface area (Å²) in [6.07, 6.45) is 1.38. The molecular weight excluding hydrogens is 538 g/mol. The number of rotatable bonds is 8. The number of halogens is 3. The predicted octanol–water partition coefficient (Wildman–Crippen LogP) is 4.68. The fourth-order valence-corrected chi connectivity index (χ4v) is 8.18. The Morgan fingerprint density at radius 2 is 1.89 bits per heavy atom. The summed E-state index contributed by atoms with van der Waals surface area (Å²) >= 11 is 7.98. The van der Waals surface area contributed by atoms with Crippen LogP contribution in [-0.4, -0.2) is 68.8 Å². The van der Waals surface area contributed by atoms with E-state index in [9.17, 15) is 22.0 Å². The van der Waals surface area contributed by atoms with Crippen LogP contribution < -0.4 is 4.90 Å². The number of anilines is 1. The topological polar surface area (TPSA) is 73.8 Å². The van der Waals surface area contributed by atoms with Crippen molar-refractivity contribution in [2.24, 2.45) is 5.92 Å². The molecule has 0 radical (unpaired) electrons. The van der Waals surface area contributed by atoms with Gasteiger partial charge in [0.2, 0.25) is 5.91 Å². The molecule has 190 valence electrons. The highest BCUT2D eigenvalue weighted by molar-refractivity contribution is 7.91. The minimum atomic E-state index is -3.66. The molecule has 35 heavy (non-hydrogen) atoms. The van der Waals surface area contributed by atoms with Crippen LogP contribution in [0.25, 0.3) is 10.2 Å². The second kappa shape index (κ2) is 10.7. The first kappa shape index (κ1) is 26.4. The average molecular weight is 563 g/mol. The van der Waals surface area contributed by atoms with Crippen LogP contribution in [0, 0.1) is 17.6 Å². The standard InChI is InChI=1S/C22H25ClF2N4O3S3/c1-27(2)8-3-9-29(22-26-20-16(25)12-15(24)13-17(20)33-22)21(30)14-6-10-28(11-7-14)35(31,32)19-5-4-18(23)34-19/h4-5,12-14H,3,6-11H2,1-2H3. The lowest BCUT2D eigenvalue weighted by Crippen LogP contribution is -2.45. The van der Waals surface area contributed by atoms with Gasteiger partial charge in [0.15, 0.2) is 10.9 Å². The summed E-state index contributed by atoms with van der Waals surface area (Å²) in [6, 6.07) is 5.03. The van der Waals surface area contributed by atoms with E-state index in [1.165, 1.54) is 16.4 Å². The Morgan fingerprint density at radius 1 is 1.17 bits per heavy atom. The first-order valence-corrected chi connectivity index (χ1v) is 14.5. The van der Waals surface area contributed by atoms with Gasteiger partial charge in [0.05, 0.1) is 9.04 Å². The monoisotopic (exact) mass is 562 g/mol. The molecule has 0 saturated carbocycles. The lowest BCUT2D eigenvalue weighted by Gasteiger charge is -2.32. The van der Waals surface area contributed by atoms with Crippen molar-refractivity contribution in [1.29, 1.82) is 0 Å². The molecule has 13 heteroatoms. The van der Waals surface area contributed by atoms with Gasteiger partial charge in [-0.15, -0.1) is 11.3 Å². The SMILES string of the molecule is CN(C)CCCN(C(=O)C1CCN(S(=O)(=O)c2ccc(Cl)s2)CC1)c1nc2c(F)cc(F)cc2s1. The Labute approximate surface area is 216 Å². The summed E-state index contributed by atoms with van der Waals surface area (Å²) in [5.74, 6) is -2.05. The van der Waals surface area contributed by atoms with Gasteiger partial charge < -0.3 is 4.90 Å². The molecule has 1 aromatic carbocycles. The number of nitrogens with zero attached hydrogens (tertiary/aromatic N) is 4. The predicted molar refractivity (Wildman–Crippen MR) is 136 cm³/mol. The number of benzene rings is 1. The molecule has 3 aromatic rings. The molecule has 1 amide bonds. The minimum Gasteiger partial charge on any atom is -0.309 e. The Morgan fingerprint density at radius 3 is 2.51 bits per heavy atom. The van der Waals surface area contributed by atoms with Crippen molar-refractivity contribution >= 4 is 65.6 Å². The van der Waals surface area contributed by atoms with Gasteiger partial charge in [-0.2, -0.15) is 4.31 Å². The summed E-state index contributed by atoms with van der Waals surface area (Å²) in [5, 5.41) is 0.316. The van der Waals surface area contributed by atoms with Gasteiger partial charge in [0.25, 0.3) is 10.0 Å². The van der Waals surface area contributed by atoms with Crippen LogP contribution in [0.3, 0.4) is 0 Å². The number of hydrogen-bond acceptors (Lipinski definition) is 7. The molecule has 7 nitrogen and oxygen atoms in total. The number of thiophene rings is 1. The van der Waals surface area contributed by atoms with E-state index in [0.29, 0.717) is 40.0 Å². The van der Waals surface area contributed by atoms with Crippen LogP contribution in [0.5, 0.6) is 0 Å². The molecule has 4 rings (SSSR count). The van der Waals surface area contributed by atoms with E-state index >= 15 is 0 Å². The van der Waals surface area contributed by atoms with Gasteiger partial charge in [-0.25, -0.2) is 22.2 Å². The quantitative estimate of drug-likeness (QED) is 0.399. The van der Waals surface area contributed by atoms with Crippen molar-refractivity contribution in [2.45, 2.75) is 23.5 Å². The van der Waals surface area contributed by atoms with E-state index in [2.05, 4.69) is 4.98 Å². The smallest absolute Gasteiger partial charge is 0.252 e. The highest BCUT2D eigenvalue weighted by atomic mass is 35.5. The van der Waals surface area contributed by atoms with E-state index in [1.54, 1.807) is 11.0 Å². The molecule has 0 unspecified atom stereocenters. The van der Waals surface area contributed by atoms with Crippen molar-refractivity contribution < 1.29 is 22.0 Å². The Bertz CT molecular complexity index is 1320. The normalized spacial score (nSPS) is 15.8. The van der Waals surface area contributed by atoms with E-state index in [1.807, 2.05) is 19.0 Å². The van der Waals surface area contributed by atoms with Gasteiger partial charge >= 0.3 is 0 Å². The number of carbonyl (C=O) groups is 1. The third-order valence-corrected chi connectivity index (χ3v) is 10.5. The number of thiazole rings is 1. The van der Waals surface area contributed by atoms with Crippen LogP contribution in [0.15, 0.2) is 28.5 Å². The van der Waals surface area contributed by atoms with E-state index < -0.39 is 27.6 Å². The number of amides is 1. The zero-order valence-corrected chi connectivity index (χ0v) is 22.4. The summed E-state index contributed by atoms with van der Waals surface area (Å²) in [5.41, 5.74) is 0.0346. The highest BCUT2D eigenvalue weighted by Crippen LogP contribution is 2.34. The van der Waals surface area contributed by atoms with Crippen LogP contribution >= 0.6 is 34.3 Å². The third kappa shape index (κ3) is 5.83. The summed E-state index contributed by atoms with van der Waals surface area (Å²) in [6.45, 7) is 1.52. The largest absolute Gasteiger partial charge is 0.309 e. The lowest BCUT2D eigenvalue weighted by molar-refractivity contribution is -0.123. The zero-order valence-electron chi connectivity index (χ0n) is 19.2. The van der Waals surface area contributed by atoms with Crippen LogP contribution in [0.4, 0.5) is 13.9 Å². The fourth-order valence-electron chi connectivity index (χ4n) is 4.03. The van der Waals surface area contributed by atoms with Crippen molar-refractivity contribution in [3.05, 3.63) is 40.2 Å². The van der Waals surface area contributed by atoms with Crippen LogP contribution in [-0.2, 0) is 14.8 Å². The number of carbonyl (C=O) groups excluding carboxylic acids is 1. The van der Waals surface area contributed by atoms with Crippen molar-refractivity contribution in [3.63, 3.8) is 0 Å². The Balaban J connectivity index is 1.52. The first-order chi connectivity index (χ1) is 16.6.